The predicted molar refractivity (Wildman–Crippen MR) is 79.0 cm³/mol. The molecule has 1 aromatic rings. The molecule has 21 heavy (non-hydrogen) atoms. The molecule has 1 N–H and O–H groups in total. The molecule has 0 unspecified atom stereocenters. The summed E-state index contributed by atoms with van der Waals surface area (Å²) in [5.74, 6) is -1.38. The van der Waals surface area contributed by atoms with E-state index in [1.54, 1.807) is 6.92 Å². The third-order valence-corrected chi connectivity index (χ3v) is 7.13. The Kier molecular flexibility index (Phi) is 5.78. The standard InChI is InChI=1S/C10H14ClNO6S3/c1-2-12-21(17,18)10-5-3-9(4-6-10)19(13,14)7-8-20(11,15)16/h3-6,12H,2,7-8H2,1H3. The second-order valence-electron chi connectivity index (χ2n) is 4.03. The molecule has 1 aromatic carbocycles. The van der Waals surface area contributed by atoms with Gasteiger partial charge in [-0.3, -0.25) is 0 Å². The van der Waals surface area contributed by atoms with E-state index in [1.165, 1.54) is 0 Å². The normalized spacial score (nSPS) is 13.2. The highest BCUT2D eigenvalue weighted by Gasteiger charge is 2.20. The van der Waals surface area contributed by atoms with E-state index in [0.717, 1.165) is 24.3 Å². The van der Waals surface area contributed by atoms with Crippen molar-refractivity contribution >= 4 is 39.6 Å². The summed E-state index contributed by atoms with van der Waals surface area (Å²) in [6.45, 7) is 1.82. The first-order valence-electron chi connectivity index (χ1n) is 5.73. The zero-order valence-electron chi connectivity index (χ0n) is 11.0. The van der Waals surface area contributed by atoms with Crippen LogP contribution in [0, 0.1) is 0 Å². The Morgan fingerprint density at radius 2 is 1.38 bits per heavy atom. The quantitative estimate of drug-likeness (QED) is 0.686. The average Bonchev–Trinajstić information content (AvgIpc) is 2.36. The Morgan fingerprint density at radius 3 is 1.81 bits per heavy atom. The van der Waals surface area contributed by atoms with Crippen molar-refractivity contribution in [2.24, 2.45) is 0 Å². The van der Waals surface area contributed by atoms with Gasteiger partial charge in [-0.1, -0.05) is 6.92 Å². The van der Waals surface area contributed by atoms with Gasteiger partial charge in [0.25, 0.3) is 0 Å². The van der Waals surface area contributed by atoms with E-state index in [2.05, 4.69) is 4.72 Å². The second-order valence-corrected chi connectivity index (χ2v) is 10.8. The van der Waals surface area contributed by atoms with Crippen molar-refractivity contribution in [1.82, 2.24) is 4.72 Å². The van der Waals surface area contributed by atoms with Gasteiger partial charge >= 0.3 is 0 Å². The van der Waals surface area contributed by atoms with Crippen LogP contribution in [-0.2, 0) is 28.9 Å². The summed E-state index contributed by atoms with van der Waals surface area (Å²) in [5.41, 5.74) is 0. The van der Waals surface area contributed by atoms with Gasteiger partial charge in [-0.15, -0.1) is 0 Å². The van der Waals surface area contributed by atoms with E-state index in [9.17, 15) is 25.3 Å². The molecular formula is C10H14ClNO6S3. The molecule has 1 rings (SSSR count). The third kappa shape index (κ3) is 5.55. The van der Waals surface area contributed by atoms with Gasteiger partial charge in [0.15, 0.2) is 9.84 Å². The third-order valence-electron chi connectivity index (χ3n) is 2.42. The maximum atomic E-state index is 11.9. The Balaban J connectivity index is 3.02. The van der Waals surface area contributed by atoms with Gasteiger partial charge < -0.3 is 0 Å². The summed E-state index contributed by atoms with van der Waals surface area (Å²) >= 11 is 0. The Hall–Kier alpha value is -0.680. The van der Waals surface area contributed by atoms with Gasteiger partial charge in [0, 0.05) is 17.2 Å². The molecule has 0 heterocycles. The Bertz CT molecular complexity index is 797. The minimum absolute atomic E-state index is 0.0757. The van der Waals surface area contributed by atoms with Crippen LogP contribution in [0.25, 0.3) is 0 Å². The molecule has 0 spiro atoms. The summed E-state index contributed by atoms with van der Waals surface area (Å²) in [6.07, 6.45) is 0. The highest BCUT2D eigenvalue weighted by molar-refractivity contribution is 8.14. The largest absolute Gasteiger partial charge is 0.240 e. The SMILES string of the molecule is CCNS(=O)(=O)c1ccc(S(=O)(=O)CCS(=O)(=O)Cl)cc1. The van der Waals surface area contributed by atoms with Crippen LogP contribution in [-0.4, -0.2) is 43.3 Å². The molecule has 0 aromatic heterocycles. The van der Waals surface area contributed by atoms with Gasteiger partial charge in [-0.25, -0.2) is 30.0 Å². The van der Waals surface area contributed by atoms with E-state index in [0.29, 0.717) is 0 Å². The molecule has 7 nitrogen and oxygen atoms in total. The lowest BCUT2D eigenvalue weighted by Gasteiger charge is -2.06. The van der Waals surface area contributed by atoms with Crippen LogP contribution in [0.4, 0.5) is 0 Å². The Labute approximate surface area is 128 Å². The van der Waals surface area contributed by atoms with Gasteiger partial charge in [0.2, 0.25) is 19.1 Å². The minimum Gasteiger partial charge on any atom is -0.224 e. The van der Waals surface area contributed by atoms with Crippen molar-refractivity contribution in [2.45, 2.75) is 16.7 Å². The lowest BCUT2D eigenvalue weighted by Crippen LogP contribution is -2.23. The van der Waals surface area contributed by atoms with Crippen LogP contribution >= 0.6 is 10.7 Å². The van der Waals surface area contributed by atoms with Crippen LogP contribution in [0.3, 0.4) is 0 Å². The number of sulfonamides is 1. The van der Waals surface area contributed by atoms with Crippen LogP contribution in [0.1, 0.15) is 6.92 Å². The Morgan fingerprint density at radius 1 is 0.905 bits per heavy atom. The molecule has 0 bridgehead atoms. The zero-order valence-corrected chi connectivity index (χ0v) is 14.2. The lowest BCUT2D eigenvalue weighted by molar-refractivity contribution is 0.583. The van der Waals surface area contributed by atoms with Gasteiger partial charge in [0.05, 0.1) is 21.3 Å². The number of benzene rings is 1. The molecule has 0 atom stereocenters. The van der Waals surface area contributed by atoms with Crippen molar-refractivity contribution in [2.75, 3.05) is 18.1 Å². The molecule has 120 valence electrons. The maximum Gasteiger partial charge on any atom is 0.240 e. The fourth-order valence-corrected chi connectivity index (χ4v) is 5.50. The van der Waals surface area contributed by atoms with Gasteiger partial charge in [-0.2, -0.15) is 0 Å². The summed E-state index contributed by atoms with van der Waals surface area (Å²) in [5, 5.41) is 0. The molecule has 0 aliphatic heterocycles. The number of sulfone groups is 1. The van der Waals surface area contributed by atoms with E-state index < -0.39 is 40.4 Å². The number of halogens is 1. The number of hydrogen-bond donors (Lipinski definition) is 1. The van der Waals surface area contributed by atoms with E-state index in [4.69, 9.17) is 10.7 Å². The first-order chi connectivity index (χ1) is 9.48. The molecule has 0 saturated heterocycles. The van der Waals surface area contributed by atoms with Gasteiger partial charge in [-0.05, 0) is 24.3 Å². The van der Waals surface area contributed by atoms with Crippen LogP contribution in [0.2, 0.25) is 0 Å². The zero-order chi connectivity index (χ0) is 16.3. The smallest absolute Gasteiger partial charge is 0.224 e. The number of hydrogen-bond acceptors (Lipinski definition) is 6. The topological polar surface area (TPSA) is 114 Å². The van der Waals surface area contributed by atoms with Crippen molar-refractivity contribution in [1.29, 1.82) is 0 Å². The van der Waals surface area contributed by atoms with Crippen molar-refractivity contribution < 1.29 is 25.3 Å². The van der Waals surface area contributed by atoms with E-state index >= 15 is 0 Å². The van der Waals surface area contributed by atoms with Crippen molar-refractivity contribution in [3.8, 4) is 0 Å². The molecule has 0 aliphatic rings. The minimum atomic E-state index is -3.92. The predicted octanol–water partition coefficient (Wildman–Crippen LogP) is 0.327. The van der Waals surface area contributed by atoms with Crippen LogP contribution < -0.4 is 4.72 Å². The molecule has 0 aliphatic carbocycles. The summed E-state index contributed by atoms with van der Waals surface area (Å²) in [7, 11) is -6.47. The fourth-order valence-electron chi connectivity index (χ4n) is 1.43. The molecule has 0 amide bonds. The molecule has 11 heteroatoms. The highest BCUT2D eigenvalue weighted by Crippen LogP contribution is 2.16. The van der Waals surface area contributed by atoms with Crippen molar-refractivity contribution in [3.05, 3.63) is 24.3 Å². The first-order valence-corrected chi connectivity index (χ1v) is 11.3. The lowest BCUT2D eigenvalue weighted by atomic mass is 10.4. The molecule has 0 saturated carbocycles. The summed E-state index contributed by atoms with van der Waals surface area (Å²) in [4.78, 5) is -0.244. The van der Waals surface area contributed by atoms with Crippen LogP contribution in [0.5, 0.6) is 0 Å². The van der Waals surface area contributed by atoms with E-state index in [-0.39, 0.29) is 16.3 Å². The second kappa shape index (κ2) is 6.61. The fraction of sp³-hybridized carbons (Fsp3) is 0.400. The van der Waals surface area contributed by atoms with Crippen LogP contribution in [0.15, 0.2) is 34.1 Å². The number of nitrogens with one attached hydrogen (secondary N) is 1. The molecular weight excluding hydrogens is 362 g/mol. The van der Waals surface area contributed by atoms with Crippen molar-refractivity contribution in [3.63, 3.8) is 0 Å². The van der Waals surface area contributed by atoms with Gasteiger partial charge in [0.1, 0.15) is 0 Å². The highest BCUT2D eigenvalue weighted by atomic mass is 35.7. The maximum absolute atomic E-state index is 11.9. The summed E-state index contributed by atoms with van der Waals surface area (Å²) < 4.78 is 71.0. The van der Waals surface area contributed by atoms with E-state index in [1.807, 2.05) is 0 Å². The average molecular weight is 376 g/mol. The number of rotatable bonds is 7. The summed E-state index contributed by atoms with van der Waals surface area (Å²) in [6, 6.07) is 4.50. The first kappa shape index (κ1) is 18.4. The monoisotopic (exact) mass is 375 g/mol. The molecule has 0 radical (unpaired) electrons. The molecule has 0 fully saturated rings.